The van der Waals surface area contributed by atoms with Gasteiger partial charge in [0.25, 0.3) is 0 Å². The van der Waals surface area contributed by atoms with Crippen LogP contribution in [0.3, 0.4) is 0 Å². The summed E-state index contributed by atoms with van der Waals surface area (Å²) in [5, 5.41) is 2.94. The highest BCUT2D eigenvalue weighted by molar-refractivity contribution is 5.95. The van der Waals surface area contributed by atoms with Gasteiger partial charge in [-0.25, -0.2) is 4.98 Å². The van der Waals surface area contributed by atoms with Gasteiger partial charge in [-0.15, -0.1) is 0 Å². The molecule has 2 aromatic rings. The lowest BCUT2D eigenvalue weighted by molar-refractivity contribution is -0.377. The van der Waals surface area contributed by atoms with Crippen molar-refractivity contribution < 1.29 is 9.78 Å². The van der Waals surface area contributed by atoms with Crippen molar-refractivity contribution in [2.75, 3.05) is 5.32 Å². The Bertz CT molecular complexity index is 539. The molecule has 3 nitrogen and oxygen atoms in total. The molecule has 1 heterocycles. The van der Waals surface area contributed by atoms with Crippen molar-refractivity contribution in [3.8, 4) is 0 Å². The fourth-order valence-corrected chi connectivity index (χ4v) is 2.26. The second-order valence-corrected chi connectivity index (χ2v) is 4.64. The summed E-state index contributed by atoms with van der Waals surface area (Å²) in [4.78, 5) is 15.0. The van der Waals surface area contributed by atoms with Crippen molar-refractivity contribution in [3.63, 3.8) is 0 Å². The van der Waals surface area contributed by atoms with E-state index in [0.29, 0.717) is 5.92 Å². The zero-order chi connectivity index (χ0) is 12.4. The third-order valence-corrected chi connectivity index (χ3v) is 3.34. The van der Waals surface area contributed by atoms with Crippen molar-refractivity contribution in [1.82, 2.24) is 0 Å². The Morgan fingerprint density at radius 1 is 1.11 bits per heavy atom. The smallest absolute Gasteiger partial charge is 0.228 e. The first-order valence-corrected chi connectivity index (χ1v) is 6.16. The number of aromatic nitrogens is 1. The van der Waals surface area contributed by atoms with E-state index in [1.54, 1.807) is 12.4 Å². The van der Waals surface area contributed by atoms with Gasteiger partial charge < -0.3 is 5.32 Å². The molecule has 1 aromatic heterocycles. The fraction of sp³-hybridized carbons (Fsp3) is 0.200. The molecular weight excluding hydrogens is 224 g/mol. The minimum Gasteiger partial charge on any atom is -0.325 e. The first-order valence-electron chi connectivity index (χ1n) is 6.16. The topological polar surface area (TPSA) is 43.2 Å². The number of carbonyl (C=O) groups excluding carboxylic acids is 1. The Morgan fingerprint density at radius 2 is 1.83 bits per heavy atom. The van der Waals surface area contributed by atoms with Gasteiger partial charge in [0.1, 0.15) is 0 Å². The van der Waals surface area contributed by atoms with Gasteiger partial charge in [0.05, 0.1) is 5.69 Å². The molecule has 3 heteroatoms. The van der Waals surface area contributed by atoms with Crippen LogP contribution in [0.15, 0.2) is 54.9 Å². The van der Waals surface area contributed by atoms with E-state index in [1.165, 1.54) is 5.56 Å². The lowest BCUT2D eigenvalue weighted by Gasteiger charge is -2.03. The number of aromatic amines is 1. The number of rotatable bonds is 3. The molecule has 0 aliphatic heterocycles. The summed E-state index contributed by atoms with van der Waals surface area (Å²) >= 11 is 0. The third-order valence-electron chi connectivity index (χ3n) is 3.34. The first kappa shape index (κ1) is 11.0. The summed E-state index contributed by atoms with van der Waals surface area (Å²) in [5.41, 5.74) is 2.11. The van der Waals surface area contributed by atoms with Crippen molar-refractivity contribution in [2.45, 2.75) is 12.3 Å². The summed E-state index contributed by atoms with van der Waals surface area (Å²) in [6, 6.07) is 14.0. The quantitative estimate of drug-likeness (QED) is 0.877. The Labute approximate surface area is 106 Å². The largest absolute Gasteiger partial charge is 0.325 e. The maximum atomic E-state index is 12.0. The third kappa shape index (κ3) is 2.25. The molecule has 0 spiro atoms. The van der Waals surface area contributed by atoms with Crippen molar-refractivity contribution >= 4 is 11.6 Å². The van der Waals surface area contributed by atoms with Crippen molar-refractivity contribution in [1.29, 1.82) is 0 Å². The molecule has 2 atom stereocenters. The van der Waals surface area contributed by atoms with Crippen LogP contribution in [-0.4, -0.2) is 5.91 Å². The maximum Gasteiger partial charge on any atom is 0.228 e. The molecule has 1 aliphatic rings. The SMILES string of the molecule is O=C(Nc1cc[nH+]cc1)C1CC1c1ccccc1. The van der Waals surface area contributed by atoms with E-state index in [0.717, 1.165) is 12.1 Å². The Kier molecular flexibility index (Phi) is 2.81. The lowest BCUT2D eigenvalue weighted by atomic mass is 10.1. The summed E-state index contributed by atoms with van der Waals surface area (Å²) in [6.07, 6.45) is 4.56. The molecule has 3 rings (SSSR count). The predicted molar refractivity (Wildman–Crippen MR) is 68.9 cm³/mol. The van der Waals surface area contributed by atoms with E-state index in [9.17, 15) is 4.79 Å². The predicted octanol–water partition coefficient (Wildman–Crippen LogP) is 2.24. The summed E-state index contributed by atoms with van der Waals surface area (Å²) in [6.45, 7) is 0. The van der Waals surface area contributed by atoms with E-state index in [4.69, 9.17) is 0 Å². The number of nitrogens with one attached hydrogen (secondary N) is 2. The van der Waals surface area contributed by atoms with Gasteiger partial charge in [-0.2, -0.15) is 0 Å². The van der Waals surface area contributed by atoms with Crippen LogP contribution in [0.5, 0.6) is 0 Å². The highest BCUT2D eigenvalue weighted by atomic mass is 16.2. The van der Waals surface area contributed by atoms with Crippen LogP contribution < -0.4 is 10.3 Å². The van der Waals surface area contributed by atoms with Crippen molar-refractivity contribution in [3.05, 3.63) is 60.4 Å². The van der Waals surface area contributed by atoms with Crippen LogP contribution >= 0.6 is 0 Å². The van der Waals surface area contributed by atoms with Crippen LogP contribution in [-0.2, 0) is 4.79 Å². The Morgan fingerprint density at radius 3 is 2.56 bits per heavy atom. The van der Waals surface area contributed by atoms with Gasteiger partial charge in [0.2, 0.25) is 5.91 Å². The van der Waals surface area contributed by atoms with E-state index in [2.05, 4.69) is 22.4 Å². The Hall–Kier alpha value is -2.16. The molecule has 2 unspecified atom stereocenters. The minimum absolute atomic E-state index is 0.120. The second kappa shape index (κ2) is 4.61. The molecule has 0 saturated heterocycles. The van der Waals surface area contributed by atoms with Crippen LogP contribution in [0, 0.1) is 5.92 Å². The van der Waals surface area contributed by atoms with Gasteiger partial charge in [-0.05, 0) is 17.9 Å². The molecule has 90 valence electrons. The standard InChI is InChI=1S/C15H14N2O/c18-15(17-12-6-8-16-9-7-12)14-10-13(14)11-4-2-1-3-5-11/h1-9,13-14H,10H2,(H,16,17,18)/p+1. The Balaban J connectivity index is 1.63. The summed E-state index contributed by atoms with van der Waals surface area (Å²) in [5.74, 6) is 0.633. The number of hydrogen-bond acceptors (Lipinski definition) is 1. The van der Waals surface area contributed by atoms with E-state index in [1.807, 2.05) is 30.3 Å². The molecule has 2 N–H and O–H groups in total. The van der Waals surface area contributed by atoms with E-state index < -0.39 is 0 Å². The molecule has 18 heavy (non-hydrogen) atoms. The number of carbonyl (C=O) groups is 1. The number of hydrogen-bond donors (Lipinski definition) is 1. The molecular formula is C15H15N2O+. The first-order chi connectivity index (χ1) is 8.84. The number of pyridine rings is 1. The van der Waals surface area contributed by atoms with Gasteiger partial charge >= 0.3 is 0 Å². The molecule has 1 amide bonds. The average Bonchev–Trinajstić information content (AvgIpc) is 3.21. The van der Waals surface area contributed by atoms with Gasteiger partial charge in [0.15, 0.2) is 12.4 Å². The fourth-order valence-electron chi connectivity index (χ4n) is 2.26. The number of benzene rings is 1. The molecule has 0 radical (unpaired) electrons. The number of H-pyrrole nitrogens is 1. The summed E-state index contributed by atoms with van der Waals surface area (Å²) < 4.78 is 0. The molecule has 1 fully saturated rings. The average molecular weight is 239 g/mol. The monoisotopic (exact) mass is 239 g/mol. The molecule has 0 bridgehead atoms. The maximum absolute atomic E-state index is 12.0. The van der Waals surface area contributed by atoms with E-state index >= 15 is 0 Å². The molecule has 1 aliphatic carbocycles. The van der Waals surface area contributed by atoms with Gasteiger partial charge in [-0.1, -0.05) is 30.3 Å². The normalized spacial score (nSPS) is 21.3. The van der Waals surface area contributed by atoms with Crippen molar-refractivity contribution in [2.24, 2.45) is 5.92 Å². The second-order valence-electron chi connectivity index (χ2n) is 4.64. The zero-order valence-corrected chi connectivity index (χ0v) is 9.97. The number of amides is 1. The zero-order valence-electron chi connectivity index (χ0n) is 9.97. The molecule has 1 saturated carbocycles. The lowest BCUT2D eigenvalue weighted by Crippen LogP contribution is -2.15. The van der Waals surface area contributed by atoms with Gasteiger partial charge in [-0.3, -0.25) is 4.79 Å². The van der Waals surface area contributed by atoms with Crippen LogP contribution in [0.1, 0.15) is 17.9 Å². The van der Waals surface area contributed by atoms with Gasteiger partial charge in [0, 0.05) is 18.1 Å². The molecule has 1 aromatic carbocycles. The van der Waals surface area contributed by atoms with Crippen LogP contribution in [0.25, 0.3) is 0 Å². The highest BCUT2D eigenvalue weighted by Gasteiger charge is 2.43. The minimum atomic E-state index is 0.120. The summed E-state index contributed by atoms with van der Waals surface area (Å²) in [7, 11) is 0. The van der Waals surface area contributed by atoms with E-state index in [-0.39, 0.29) is 11.8 Å². The number of anilines is 1. The highest BCUT2D eigenvalue weighted by Crippen LogP contribution is 2.47. The van der Waals surface area contributed by atoms with Crippen LogP contribution in [0.4, 0.5) is 5.69 Å². The van der Waals surface area contributed by atoms with Crippen LogP contribution in [0.2, 0.25) is 0 Å².